The van der Waals surface area contributed by atoms with Gasteiger partial charge in [-0.2, -0.15) is 5.10 Å². The van der Waals surface area contributed by atoms with E-state index in [1.807, 2.05) is 0 Å². The molecule has 0 bridgehead atoms. The Morgan fingerprint density at radius 2 is 2.00 bits per heavy atom. The molecule has 2 heterocycles. The molecular weight excluding hydrogens is 412 g/mol. The van der Waals surface area contributed by atoms with Crippen LogP contribution >= 0.6 is 11.6 Å². The molecule has 0 aliphatic carbocycles. The first-order chi connectivity index (χ1) is 14.4. The molecule has 0 unspecified atom stereocenters. The smallest absolute Gasteiger partial charge is 0.267 e. The first-order valence-electron chi connectivity index (χ1n) is 8.63. The number of fused-ring (bicyclic) bond motifs is 1. The third kappa shape index (κ3) is 3.29. The van der Waals surface area contributed by atoms with Crippen molar-refractivity contribution in [2.45, 2.75) is 6.92 Å². The average molecular weight is 425 g/mol. The maximum absolute atomic E-state index is 12.8. The summed E-state index contributed by atoms with van der Waals surface area (Å²) >= 11 is 6.01. The summed E-state index contributed by atoms with van der Waals surface area (Å²) in [6.45, 7) is 1.46. The van der Waals surface area contributed by atoms with Crippen LogP contribution < -0.4 is 11.0 Å². The summed E-state index contributed by atoms with van der Waals surface area (Å²) in [6, 6.07) is 11.0. The molecule has 1 amide bonds. The Bertz CT molecular complexity index is 1380. The molecule has 2 aromatic carbocycles. The fourth-order valence-corrected chi connectivity index (χ4v) is 3.21. The van der Waals surface area contributed by atoms with Gasteiger partial charge in [-0.25, -0.2) is 14.3 Å². The van der Waals surface area contributed by atoms with Crippen LogP contribution in [-0.4, -0.2) is 30.3 Å². The molecule has 0 aliphatic rings. The van der Waals surface area contributed by atoms with Gasteiger partial charge in [-0.05, 0) is 31.2 Å². The number of hydrogen-bond acceptors (Lipinski definition) is 6. The van der Waals surface area contributed by atoms with E-state index in [4.69, 9.17) is 11.6 Å². The molecule has 11 heteroatoms. The van der Waals surface area contributed by atoms with Crippen LogP contribution in [0.5, 0.6) is 0 Å². The van der Waals surface area contributed by atoms with Gasteiger partial charge in [0.15, 0.2) is 5.65 Å². The predicted molar refractivity (Wildman–Crippen MR) is 110 cm³/mol. The van der Waals surface area contributed by atoms with E-state index in [9.17, 15) is 19.7 Å². The number of nitrogens with one attached hydrogen (secondary N) is 1. The highest BCUT2D eigenvalue weighted by Crippen LogP contribution is 2.21. The van der Waals surface area contributed by atoms with E-state index in [1.165, 1.54) is 36.0 Å². The van der Waals surface area contributed by atoms with Crippen molar-refractivity contribution in [3.8, 4) is 5.69 Å². The van der Waals surface area contributed by atoms with E-state index in [-0.39, 0.29) is 22.2 Å². The molecular formula is C19H13ClN6O4. The van der Waals surface area contributed by atoms with E-state index in [2.05, 4.69) is 15.5 Å². The number of hydrogen-bond donors (Lipinski definition) is 1. The summed E-state index contributed by atoms with van der Waals surface area (Å²) in [4.78, 5) is 40.1. The number of nitro benzene ring substituents is 1. The summed E-state index contributed by atoms with van der Waals surface area (Å²) in [7, 11) is 0. The molecule has 0 saturated carbocycles. The molecule has 1 N–H and O–H groups in total. The van der Waals surface area contributed by atoms with Crippen LogP contribution in [0.1, 0.15) is 15.9 Å². The second-order valence-electron chi connectivity index (χ2n) is 6.34. The predicted octanol–water partition coefficient (Wildman–Crippen LogP) is 2.84. The highest BCUT2D eigenvalue weighted by atomic mass is 35.5. The molecule has 150 valence electrons. The van der Waals surface area contributed by atoms with Crippen molar-refractivity contribution in [3.05, 3.63) is 91.6 Å². The van der Waals surface area contributed by atoms with Crippen LogP contribution in [-0.2, 0) is 0 Å². The number of nitro groups is 1. The number of rotatable bonds is 4. The van der Waals surface area contributed by atoms with Gasteiger partial charge in [0.25, 0.3) is 17.2 Å². The molecule has 0 aliphatic heterocycles. The Kier molecular flexibility index (Phi) is 4.76. The van der Waals surface area contributed by atoms with Crippen LogP contribution in [0.4, 0.5) is 5.69 Å². The van der Waals surface area contributed by atoms with Crippen LogP contribution in [0.2, 0.25) is 5.02 Å². The van der Waals surface area contributed by atoms with Crippen molar-refractivity contribution in [2.75, 3.05) is 5.43 Å². The monoisotopic (exact) mass is 424 g/mol. The van der Waals surface area contributed by atoms with Crippen molar-refractivity contribution >= 4 is 34.2 Å². The Morgan fingerprint density at radius 1 is 1.23 bits per heavy atom. The van der Waals surface area contributed by atoms with Crippen molar-refractivity contribution in [1.82, 2.24) is 19.4 Å². The van der Waals surface area contributed by atoms with Crippen molar-refractivity contribution < 1.29 is 9.72 Å². The Hall–Kier alpha value is -4.05. The fourth-order valence-electron chi connectivity index (χ4n) is 3.03. The van der Waals surface area contributed by atoms with Crippen LogP contribution in [0, 0.1) is 17.0 Å². The molecule has 10 nitrogen and oxygen atoms in total. The number of benzene rings is 2. The van der Waals surface area contributed by atoms with Gasteiger partial charge in [-0.1, -0.05) is 23.7 Å². The van der Waals surface area contributed by atoms with Gasteiger partial charge in [0.2, 0.25) is 0 Å². The maximum Gasteiger partial charge on any atom is 0.283 e. The zero-order valence-electron chi connectivity index (χ0n) is 15.4. The SMILES string of the molecule is Cc1c(C(=O)Nn2cnc3c(cnn3-c3cccc(Cl)c3)c2=O)cccc1[N+](=O)[O-]. The van der Waals surface area contributed by atoms with Gasteiger partial charge in [0, 0.05) is 16.7 Å². The van der Waals surface area contributed by atoms with Crippen molar-refractivity contribution in [2.24, 2.45) is 0 Å². The van der Waals surface area contributed by atoms with Gasteiger partial charge in [-0.3, -0.25) is 25.1 Å². The Balaban J connectivity index is 1.71. The molecule has 0 atom stereocenters. The van der Waals surface area contributed by atoms with Crippen LogP contribution in [0.25, 0.3) is 16.7 Å². The Labute approximate surface area is 173 Å². The summed E-state index contributed by atoms with van der Waals surface area (Å²) in [5, 5.41) is 16.0. The minimum Gasteiger partial charge on any atom is -0.267 e. The number of nitrogens with zero attached hydrogens (tertiary/aromatic N) is 5. The van der Waals surface area contributed by atoms with Gasteiger partial charge in [-0.15, -0.1) is 0 Å². The fraction of sp³-hybridized carbons (Fsp3) is 0.0526. The molecule has 2 aromatic heterocycles. The lowest BCUT2D eigenvalue weighted by Crippen LogP contribution is -2.33. The molecule has 4 aromatic rings. The van der Waals surface area contributed by atoms with E-state index < -0.39 is 16.4 Å². The molecule has 4 rings (SSSR count). The number of carbonyl (C=O) groups excluding carboxylic acids is 1. The van der Waals surface area contributed by atoms with Gasteiger partial charge < -0.3 is 0 Å². The normalized spacial score (nSPS) is 10.9. The van der Waals surface area contributed by atoms with E-state index in [1.54, 1.807) is 24.3 Å². The number of halogens is 1. The zero-order valence-corrected chi connectivity index (χ0v) is 16.2. The summed E-state index contributed by atoms with van der Waals surface area (Å²) in [6.07, 6.45) is 2.49. The maximum atomic E-state index is 12.8. The number of aromatic nitrogens is 4. The van der Waals surface area contributed by atoms with E-state index in [0.29, 0.717) is 16.4 Å². The minimum absolute atomic E-state index is 0.0748. The molecule has 0 saturated heterocycles. The third-order valence-electron chi connectivity index (χ3n) is 4.51. The first-order valence-corrected chi connectivity index (χ1v) is 9.01. The first kappa shape index (κ1) is 19.3. The molecule has 0 spiro atoms. The van der Waals surface area contributed by atoms with Gasteiger partial charge in [0.05, 0.1) is 22.4 Å². The average Bonchev–Trinajstić information content (AvgIpc) is 3.15. The summed E-state index contributed by atoms with van der Waals surface area (Å²) in [5.41, 5.74) is 2.85. The van der Waals surface area contributed by atoms with Gasteiger partial charge >= 0.3 is 0 Å². The lowest BCUT2D eigenvalue weighted by Gasteiger charge is -2.10. The molecule has 0 fully saturated rings. The highest BCUT2D eigenvalue weighted by molar-refractivity contribution is 6.30. The number of carbonyl (C=O) groups is 1. The lowest BCUT2D eigenvalue weighted by atomic mass is 10.1. The lowest BCUT2D eigenvalue weighted by molar-refractivity contribution is -0.385. The number of amides is 1. The van der Waals surface area contributed by atoms with Crippen LogP contribution in [0.3, 0.4) is 0 Å². The third-order valence-corrected chi connectivity index (χ3v) is 4.74. The standard InChI is InChI=1S/C19H13ClN6O4/c1-11-14(6-3-7-16(11)26(29)30)18(27)23-24-10-21-17-15(19(24)28)9-22-25(17)13-5-2-4-12(20)8-13/h2-10H,1H3,(H,23,27). The second-order valence-corrected chi connectivity index (χ2v) is 6.78. The zero-order chi connectivity index (χ0) is 21.4. The van der Waals surface area contributed by atoms with E-state index in [0.717, 1.165) is 11.0 Å². The quantitative estimate of drug-likeness (QED) is 0.396. The van der Waals surface area contributed by atoms with Crippen molar-refractivity contribution in [1.29, 1.82) is 0 Å². The minimum atomic E-state index is -0.679. The summed E-state index contributed by atoms with van der Waals surface area (Å²) in [5.74, 6) is -0.679. The van der Waals surface area contributed by atoms with Crippen molar-refractivity contribution in [3.63, 3.8) is 0 Å². The van der Waals surface area contributed by atoms with Crippen LogP contribution in [0.15, 0.2) is 59.8 Å². The summed E-state index contributed by atoms with van der Waals surface area (Å²) < 4.78 is 2.37. The Morgan fingerprint density at radius 3 is 2.73 bits per heavy atom. The van der Waals surface area contributed by atoms with Gasteiger partial charge in [0.1, 0.15) is 11.7 Å². The molecule has 30 heavy (non-hydrogen) atoms. The molecule has 0 radical (unpaired) electrons. The highest BCUT2D eigenvalue weighted by Gasteiger charge is 2.19. The topological polar surface area (TPSA) is 125 Å². The largest absolute Gasteiger partial charge is 0.283 e. The second kappa shape index (κ2) is 7.41. The van der Waals surface area contributed by atoms with E-state index >= 15 is 0 Å².